The van der Waals surface area contributed by atoms with Gasteiger partial charge in [-0.1, -0.05) is 12.1 Å². The highest BCUT2D eigenvalue weighted by Gasteiger charge is 2.55. The molecule has 1 aliphatic heterocycles. The largest absolute Gasteiger partial charge is 0.497 e. The maximum absolute atomic E-state index is 14.2. The first-order chi connectivity index (χ1) is 17.2. The van der Waals surface area contributed by atoms with Crippen molar-refractivity contribution < 1.29 is 60.8 Å². The minimum Gasteiger partial charge on any atom is -0.497 e. The van der Waals surface area contributed by atoms with Crippen LogP contribution in [0.25, 0.3) is 0 Å². The Kier molecular flexibility index (Phi) is 10.6. The summed E-state index contributed by atoms with van der Waals surface area (Å²) in [5, 5.41) is -2.21. The van der Waals surface area contributed by atoms with E-state index < -0.39 is 71.8 Å². The smallest absolute Gasteiger partial charge is 0.404 e. The van der Waals surface area contributed by atoms with Crippen molar-refractivity contribution in [2.24, 2.45) is 0 Å². The first-order valence-corrected chi connectivity index (χ1v) is 11.8. The molecule has 1 aromatic carbocycles. The van der Waals surface area contributed by atoms with Gasteiger partial charge < -0.3 is 28.4 Å². The maximum atomic E-state index is 14.2. The summed E-state index contributed by atoms with van der Waals surface area (Å²) >= 11 is 0.232. The third-order valence-corrected chi connectivity index (χ3v) is 6.37. The molecule has 0 amide bonds. The molecule has 0 aliphatic carbocycles. The van der Waals surface area contributed by atoms with Gasteiger partial charge in [0.25, 0.3) is 0 Å². The van der Waals surface area contributed by atoms with E-state index in [2.05, 4.69) is 0 Å². The van der Waals surface area contributed by atoms with Crippen LogP contribution < -0.4 is 4.74 Å². The van der Waals surface area contributed by atoms with E-state index in [1.807, 2.05) is 0 Å². The van der Waals surface area contributed by atoms with E-state index in [9.17, 15) is 32.3 Å². The van der Waals surface area contributed by atoms with Gasteiger partial charge in [-0.25, -0.2) is 0 Å². The molecule has 6 atom stereocenters. The molecule has 1 aromatic rings. The molecule has 1 fully saturated rings. The zero-order valence-electron chi connectivity index (χ0n) is 20.6. The van der Waals surface area contributed by atoms with Crippen LogP contribution in [-0.2, 0) is 42.9 Å². The number of carbonyl (C=O) groups excluding carboxylic acids is 4. The average molecular weight is 553 g/mol. The zero-order valence-corrected chi connectivity index (χ0v) is 21.4. The highest BCUT2D eigenvalue weighted by Crippen LogP contribution is 2.49. The van der Waals surface area contributed by atoms with E-state index in [0.717, 1.165) is 27.7 Å². The molecule has 206 valence electrons. The van der Waals surface area contributed by atoms with Crippen LogP contribution in [0.5, 0.6) is 5.75 Å². The van der Waals surface area contributed by atoms with Crippen LogP contribution in [0.4, 0.5) is 13.2 Å². The standard InChI is InChI=1S/C23H27F3O10S/c1-11(27)32-10-17-18(33-12(2)28)19(34-13(3)29)20(35-14(4)30)22(36-17)37-21(23(24,25)26)15-7-6-8-16(9-15)31-5/h6-9,17-22H,10H2,1-5H3/t17-,18-,19+,20-,21+,22+/m1/s1. The Balaban J connectivity index is 2.57. The van der Waals surface area contributed by atoms with E-state index >= 15 is 0 Å². The fraction of sp³-hybridized carbons (Fsp3) is 0.565. The second-order valence-corrected chi connectivity index (χ2v) is 9.11. The summed E-state index contributed by atoms with van der Waals surface area (Å²) in [5.41, 5.74) is -1.79. The number of esters is 4. The number of rotatable bonds is 9. The minimum absolute atomic E-state index is 0.175. The lowest BCUT2D eigenvalue weighted by molar-refractivity contribution is -0.237. The van der Waals surface area contributed by atoms with Gasteiger partial charge in [0.1, 0.15) is 29.1 Å². The van der Waals surface area contributed by atoms with Crippen molar-refractivity contribution in [1.82, 2.24) is 0 Å². The topological polar surface area (TPSA) is 124 Å². The number of alkyl halides is 3. The van der Waals surface area contributed by atoms with Gasteiger partial charge in [0, 0.05) is 27.7 Å². The second-order valence-electron chi connectivity index (χ2n) is 7.90. The lowest BCUT2D eigenvalue weighted by atomic mass is 9.99. The Bertz CT molecular complexity index is 986. The first-order valence-electron chi connectivity index (χ1n) is 10.9. The molecule has 1 saturated heterocycles. The summed E-state index contributed by atoms with van der Waals surface area (Å²) < 4.78 is 74.2. The summed E-state index contributed by atoms with van der Waals surface area (Å²) in [6, 6.07) is 5.27. The van der Waals surface area contributed by atoms with Crippen molar-refractivity contribution in [3.63, 3.8) is 0 Å². The minimum atomic E-state index is -4.81. The predicted molar refractivity (Wildman–Crippen MR) is 121 cm³/mol. The highest BCUT2D eigenvalue weighted by atomic mass is 32.2. The van der Waals surface area contributed by atoms with Gasteiger partial charge in [-0.05, 0) is 17.7 Å². The number of hydrogen-bond donors (Lipinski definition) is 0. The molecule has 1 aliphatic rings. The van der Waals surface area contributed by atoms with Crippen LogP contribution in [-0.4, -0.2) is 73.6 Å². The van der Waals surface area contributed by atoms with Gasteiger partial charge in [0.2, 0.25) is 0 Å². The third-order valence-electron chi connectivity index (χ3n) is 4.91. The summed E-state index contributed by atoms with van der Waals surface area (Å²) in [4.78, 5) is 47.0. The van der Waals surface area contributed by atoms with Crippen molar-refractivity contribution in [2.45, 2.75) is 69.0 Å². The normalized spacial score (nSPS) is 24.4. The van der Waals surface area contributed by atoms with Crippen molar-refractivity contribution >= 4 is 35.6 Å². The molecular weight excluding hydrogens is 525 g/mol. The SMILES string of the molecule is COc1cccc([C@H](S[C@@H]2O[C@H](COC(C)=O)[C@@H](OC(C)=O)[C@H](OC(C)=O)[C@H]2OC(C)=O)C(F)(F)F)c1. The lowest BCUT2D eigenvalue weighted by Gasteiger charge is -2.45. The number of benzene rings is 1. The summed E-state index contributed by atoms with van der Waals surface area (Å²) in [5.74, 6) is -3.23. The Labute approximate surface area is 215 Å². The summed E-state index contributed by atoms with van der Waals surface area (Å²) in [6.45, 7) is 3.59. The predicted octanol–water partition coefficient (Wildman–Crippen LogP) is 3.11. The molecule has 37 heavy (non-hydrogen) atoms. The highest BCUT2D eigenvalue weighted by molar-refractivity contribution is 8.00. The van der Waals surface area contributed by atoms with Gasteiger partial charge in [0.05, 0.1) is 7.11 Å². The Morgan fingerprint density at radius 1 is 0.919 bits per heavy atom. The van der Waals surface area contributed by atoms with E-state index in [0.29, 0.717) is 0 Å². The Morgan fingerprint density at radius 3 is 2.00 bits per heavy atom. The molecule has 1 heterocycles. The molecular formula is C23H27F3O10S. The molecule has 0 N–H and O–H groups in total. The van der Waals surface area contributed by atoms with E-state index in [1.54, 1.807) is 0 Å². The summed E-state index contributed by atoms with van der Waals surface area (Å²) in [6.07, 6.45) is -10.8. The third kappa shape index (κ3) is 8.81. The fourth-order valence-corrected chi connectivity index (χ4v) is 4.88. The Morgan fingerprint density at radius 2 is 1.49 bits per heavy atom. The molecule has 0 unspecified atom stereocenters. The molecule has 0 spiro atoms. The van der Waals surface area contributed by atoms with Gasteiger partial charge >= 0.3 is 30.1 Å². The van der Waals surface area contributed by atoms with Crippen LogP contribution in [0, 0.1) is 0 Å². The molecule has 0 radical (unpaired) electrons. The quantitative estimate of drug-likeness (QED) is 0.332. The number of methoxy groups -OCH3 is 1. The van der Waals surface area contributed by atoms with Crippen molar-refractivity contribution in [3.05, 3.63) is 29.8 Å². The zero-order chi connectivity index (χ0) is 27.9. The van der Waals surface area contributed by atoms with Crippen LogP contribution in [0.2, 0.25) is 0 Å². The van der Waals surface area contributed by atoms with Gasteiger partial charge in [-0.15, -0.1) is 11.8 Å². The van der Waals surface area contributed by atoms with Crippen LogP contribution in [0.3, 0.4) is 0 Å². The molecule has 0 bridgehead atoms. The lowest BCUT2D eigenvalue weighted by Crippen LogP contribution is -2.61. The number of halogens is 3. The molecule has 2 rings (SSSR count). The van der Waals surface area contributed by atoms with Crippen LogP contribution >= 0.6 is 11.8 Å². The number of ether oxygens (including phenoxy) is 6. The van der Waals surface area contributed by atoms with Gasteiger partial charge in [-0.3, -0.25) is 19.2 Å². The molecule has 0 saturated carbocycles. The van der Waals surface area contributed by atoms with Crippen LogP contribution in [0.15, 0.2) is 24.3 Å². The van der Waals surface area contributed by atoms with Crippen LogP contribution in [0.1, 0.15) is 38.5 Å². The van der Waals surface area contributed by atoms with E-state index in [-0.39, 0.29) is 23.1 Å². The number of carbonyl (C=O) groups is 4. The number of hydrogen-bond acceptors (Lipinski definition) is 11. The first kappa shape index (κ1) is 30.2. The van der Waals surface area contributed by atoms with Gasteiger partial charge in [0.15, 0.2) is 18.3 Å². The second kappa shape index (κ2) is 13.0. The molecule has 14 heteroatoms. The number of thioether (sulfide) groups is 1. The monoisotopic (exact) mass is 552 g/mol. The van der Waals surface area contributed by atoms with Crippen molar-refractivity contribution in [3.8, 4) is 5.75 Å². The Hall–Kier alpha value is -3.00. The van der Waals surface area contributed by atoms with Crippen molar-refractivity contribution in [2.75, 3.05) is 13.7 Å². The van der Waals surface area contributed by atoms with Crippen molar-refractivity contribution in [1.29, 1.82) is 0 Å². The molecule has 0 aromatic heterocycles. The van der Waals surface area contributed by atoms with Gasteiger partial charge in [-0.2, -0.15) is 13.2 Å². The maximum Gasteiger partial charge on any atom is 0.404 e. The van der Waals surface area contributed by atoms with E-state index in [4.69, 9.17) is 28.4 Å². The summed E-state index contributed by atoms with van der Waals surface area (Å²) in [7, 11) is 1.30. The average Bonchev–Trinajstić information content (AvgIpc) is 2.77. The van der Waals surface area contributed by atoms with E-state index in [1.165, 1.54) is 31.4 Å². The molecule has 10 nitrogen and oxygen atoms in total. The fourth-order valence-electron chi connectivity index (χ4n) is 3.58.